The van der Waals surface area contributed by atoms with Gasteiger partial charge in [0.15, 0.2) is 0 Å². The molecule has 0 spiro atoms. The van der Waals surface area contributed by atoms with Crippen molar-refractivity contribution < 1.29 is 9.47 Å². The smallest absolute Gasteiger partial charge is 0.0465 e. The SMILES string of the molecule is CCc1cc(CCCOC)cc(CCCOC)c1. The molecule has 0 saturated carbocycles. The summed E-state index contributed by atoms with van der Waals surface area (Å²) in [4.78, 5) is 0. The van der Waals surface area contributed by atoms with Crippen molar-refractivity contribution in [3.05, 3.63) is 34.9 Å². The number of ether oxygens (including phenoxy) is 2. The number of aryl methyl sites for hydroxylation is 3. The zero-order chi connectivity index (χ0) is 13.2. The lowest BCUT2D eigenvalue weighted by molar-refractivity contribution is 0.195. The van der Waals surface area contributed by atoms with Crippen LogP contribution in [0.15, 0.2) is 18.2 Å². The second-order valence-corrected chi connectivity index (χ2v) is 4.70. The Balaban J connectivity index is 2.62. The summed E-state index contributed by atoms with van der Waals surface area (Å²) in [5, 5.41) is 0. The van der Waals surface area contributed by atoms with E-state index in [1.807, 2.05) is 0 Å². The minimum Gasteiger partial charge on any atom is -0.385 e. The van der Waals surface area contributed by atoms with Gasteiger partial charge in [-0.3, -0.25) is 0 Å². The summed E-state index contributed by atoms with van der Waals surface area (Å²) in [6, 6.07) is 7.00. The molecule has 0 aliphatic carbocycles. The van der Waals surface area contributed by atoms with Crippen LogP contribution in [0.2, 0.25) is 0 Å². The first-order valence-corrected chi connectivity index (χ1v) is 6.89. The lowest BCUT2D eigenvalue weighted by Crippen LogP contribution is -1.98. The molecule has 0 fully saturated rings. The lowest BCUT2D eigenvalue weighted by Gasteiger charge is -2.09. The van der Waals surface area contributed by atoms with Gasteiger partial charge in [-0.15, -0.1) is 0 Å². The van der Waals surface area contributed by atoms with Crippen LogP contribution in [-0.4, -0.2) is 27.4 Å². The van der Waals surface area contributed by atoms with E-state index < -0.39 is 0 Å². The number of hydrogen-bond acceptors (Lipinski definition) is 2. The van der Waals surface area contributed by atoms with E-state index in [0.29, 0.717) is 0 Å². The van der Waals surface area contributed by atoms with Crippen LogP contribution >= 0.6 is 0 Å². The van der Waals surface area contributed by atoms with Crippen molar-refractivity contribution in [3.8, 4) is 0 Å². The molecule has 1 aromatic rings. The first-order chi connectivity index (χ1) is 8.80. The molecule has 2 heteroatoms. The molecule has 0 N–H and O–H groups in total. The van der Waals surface area contributed by atoms with E-state index in [1.54, 1.807) is 14.2 Å². The first-order valence-electron chi connectivity index (χ1n) is 6.89. The summed E-state index contributed by atoms with van der Waals surface area (Å²) >= 11 is 0. The average Bonchev–Trinajstić information content (AvgIpc) is 2.39. The van der Waals surface area contributed by atoms with Gasteiger partial charge >= 0.3 is 0 Å². The molecule has 0 bridgehead atoms. The van der Waals surface area contributed by atoms with Crippen LogP contribution in [0.25, 0.3) is 0 Å². The van der Waals surface area contributed by atoms with Crippen LogP contribution in [0.4, 0.5) is 0 Å². The molecule has 0 radical (unpaired) electrons. The summed E-state index contributed by atoms with van der Waals surface area (Å²) in [7, 11) is 3.53. The molecule has 0 amide bonds. The van der Waals surface area contributed by atoms with Gasteiger partial charge in [-0.25, -0.2) is 0 Å². The molecule has 0 aromatic heterocycles. The van der Waals surface area contributed by atoms with Crippen LogP contribution < -0.4 is 0 Å². The maximum absolute atomic E-state index is 5.11. The van der Waals surface area contributed by atoms with Gasteiger partial charge in [0.1, 0.15) is 0 Å². The second kappa shape index (κ2) is 9.12. The van der Waals surface area contributed by atoms with Gasteiger partial charge < -0.3 is 9.47 Å². The Labute approximate surface area is 111 Å². The zero-order valence-corrected chi connectivity index (χ0v) is 12.0. The van der Waals surface area contributed by atoms with E-state index in [4.69, 9.17) is 9.47 Å². The van der Waals surface area contributed by atoms with Crippen LogP contribution in [0, 0.1) is 0 Å². The minimum absolute atomic E-state index is 0.843. The van der Waals surface area contributed by atoms with Gasteiger partial charge in [0.2, 0.25) is 0 Å². The van der Waals surface area contributed by atoms with Gasteiger partial charge in [-0.05, 0) is 48.8 Å². The summed E-state index contributed by atoms with van der Waals surface area (Å²) in [6.45, 7) is 3.90. The van der Waals surface area contributed by atoms with E-state index in [1.165, 1.54) is 16.7 Å². The molecule has 1 aromatic carbocycles. The maximum Gasteiger partial charge on any atom is 0.0465 e. The first kappa shape index (κ1) is 15.2. The molecule has 1 rings (SSSR count). The van der Waals surface area contributed by atoms with Crippen molar-refractivity contribution in [3.63, 3.8) is 0 Å². The normalized spacial score (nSPS) is 10.8. The number of hydrogen-bond donors (Lipinski definition) is 0. The largest absolute Gasteiger partial charge is 0.385 e. The highest BCUT2D eigenvalue weighted by Crippen LogP contribution is 2.14. The number of rotatable bonds is 9. The number of methoxy groups -OCH3 is 2. The van der Waals surface area contributed by atoms with Crippen LogP contribution in [-0.2, 0) is 28.7 Å². The Morgan fingerprint density at radius 1 is 0.778 bits per heavy atom. The van der Waals surface area contributed by atoms with Gasteiger partial charge in [-0.1, -0.05) is 25.1 Å². The molecular weight excluding hydrogens is 224 g/mol. The Morgan fingerprint density at radius 3 is 1.61 bits per heavy atom. The van der Waals surface area contributed by atoms with Crippen molar-refractivity contribution in [2.24, 2.45) is 0 Å². The molecule has 0 aliphatic heterocycles. The third kappa shape index (κ3) is 5.65. The Morgan fingerprint density at radius 2 is 1.22 bits per heavy atom. The molecule has 0 aliphatic rings. The molecule has 102 valence electrons. The van der Waals surface area contributed by atoms with Crippen LogP contribution in [0.3, 0.4) is 0 Å². The van der Waals surface area contributed by atoms with E-state index in [-0.39, 0.29) is 0 Å². The van der Waals surface area contributed by atoms with Crippen molar-refractivity contribution in [2.75, 3.05) is 27.4 Å². The monoisotopic (exact) mass is 250 g/mol. The van der Waals surface area contributed by atoms with Crippen molar-refractivity contribution in [1.82, 2.24) is 0 Å². The minimum atomic E-state index is 0.843. The molecule has 0 heterocycles. The summed E-state index contributed by atoms with van der Waals surface area (Å²) < 4.78 is 10.2. The van der Waals surface area contributed by atoms with Crippen LogP contribution in [0.1, 0.15) is 36.5 Å². The molecule has 0 unspecified atom stereocenters. The summed E-state index contributed by atoms with van der Waals surface area (Å²) in [5.41, 5.74) is 4.33. The Hall–Kier alpha value is -0.860. The molecule has 0 atom stereocenters. The maximum atomic E-state index is 5.11. The lowest BCUT2D eigenvalue weighted by atomic mass is 9.99. The van der Waals surface area contributed by atoms with Crippen LogP contribution in [0.5, 0.6) is 0 Å². The second-order valence-electron chi connectivity index (χ2n) is 4.70. The van der Waals surface area contributed by atoms with E-state index in [0.717, 1.165) is 45.3 Å². The Kier molecular flexibility index (Phi) is 7.70. The van der Waals surface area contributed by atoms with Gasteiger partial charge in [0.05, 0.1) is 0 Å². The standard InChI is InChI=1S/C16H26O2/c1-4-14-11-15(7-5-9-17-2)13-16(12-14)8-6-10-18-3/h11-13H,4-10H2,1-3H3. The third-order valence-electron chi connectivity index (χ3n) is 3.15. The van der Waals surface area contributed by atoms with Crippen molar-refractivity contribution >= 4 is 0 Å². The quantitative estimate of drug-likeness (QED) is 0.625. The van der Waals surface area contributed by atoms with Crippen molar-refractivity contribution in [2.45, 2.75) is 39.0 Å². The zero-order valence-electron chi connectivity index (χ0n) is 12.0. The summed E-state index contributed by atoms with van der Waals surface area (Å²) in [6.07, 6.45) is 5.52. The fraction of sp³-hybridized carbons (Fsp3) is 0.625. The predicted molar refractivity (Wildman–Crippen MR) is 76.2 cm³/mol. The third-order valence-corrected chi connectivity index (χ3v) is 3.15. The van der Waals surface area contributed by atoms with E-state index >= 15 is 0 Å². The van der Waals surface area contributed by atoms with Gasteiger partial charge in [-0.2, -0.15) is 0 Å². The van der Waals surface area contributed by atoms with Gasteiger partial charge in [0.25, 0.3) is 0 Å². The highest BCUT2D eigenvalue weighted by atomic mass is 16.5. The van der Waals surface area contributed by atoms with Crippen molar-refractivity contribution in [1.29, 1.82) is 0 Å². The fourth-order valence-electron chi connectivity index (χ4n) is 2.17. The molecular formula is C16H26O2. The predicted octanol–water partition coefficient (Wildman–Crippen LogP) is 3.41. The average molecular weight is 250 g/mol. The van der Waals surface area contributed by atoms with E-state index in [9.17, 15) is 0 Å². The van der Waals surface area contributed by atoms with E-state index in [2.05, 4.69) is 25.1 Å². The van der Waals surface area contributed by atoms with Gasteiger partial charge in [0, 0.05) is 27.4 Å². The molecule has 0 saturated heterocycles. The molecule has 18 heavy (non-hydrogen) atoms. The highest BCUT2D eigenvalue weighted by Gasteiger charge is 2.01. The topological polar surface area (TPSA) is 18.5 Å². The molecule has 2 nitrogen and oxygen atoms in total. The highest BCUT2D eigenvalue weighted by molar-refractivity contribution is 5.30. The Bertz CT molecular complexity index is 306. The summed E-state index contributed by atoms with van der Waals surface area (Å²) in [5.74, 6) is 0. The fourth-order valence-corrected chi connectivity index (χ4v) is 2.17. The number of benzene rings is 1.